The zero-order valence-corrected chi connectivity index (χ0v) is 15.4. The van der Waals surface area contributed by atoms with Crippen molar-refractivity contribution in [1.29, 1.82) is 0 Å². The number of hydrogen-bond acceptors (Lipinski definition) is 4. The van der Waals surface area contributed by atoms with Crippen LogP contribution in [0, 0.1) is 5.82 Å². The van der Waals surface area contributed by atoms with Crippen LogP contribution in [0.4, 0.5) is 4.39 Å². The van der Waals surface area contributed by atoms with Crippen LogP contribution >= 0.6 is 11.6 Å². The summed E-state index contributed by atoms with van der Waals surface area (Å²) in [6, 6.07) is 7.80. The van der Waals surface area contributed by atoms with Crippen molar-refractivity contribution in [1.82, 2.24) is 14.2 Å². The molecule has 1 amide bonds. The molecule has 2 aromatic rings. The van der Waals surface area contributed by atoms with Gasteiger partial charge in [-0.05, 0) is 42.8 Å². The Morgan fingerprint density at radius 3 is 2.50 bits per heavy atom. The molecule has 0 unspecified atom stereocenters. The van der Waals surface area contributed by atoms with Crippen LogP contribution in [-0.2, 0) is 10.0 Å². The molecule has 9 heteroatoms. The third-order valence-electron chi connectivity index (χ3n) is 4.17. The molecule has 1 aromatic carbocycles. The lowest BCUT2D eigenvalue weighted by Gasteiger charge is -2.22. The lowest BCUT2D eigenvalue weighted by molar-refractivity contribution is 0.0764. The summed E-state index contributed by atoms with van der Waals surface area (Å²) in [5.41, 5.74) is 0.417. The molecule has 0 aliphatic carbocycles. The van der Waals surface area contributed by atoms with Gasteiger partial charge < -0.3 is 4.90 Å². The monoisotopic (exact) mass is 397 g/mol. The fourth-order valence-electron chi connectivity index (χ4n) is 2.81. The molecule has 2 heterocycles. The number of amides is 1. The average molecular weight is 398 g/mol. The Bertz CT molecular complexity index is 906. The van der Waals surface area contributed by atoms with Gasteiger partial charge in [0, 0.05) is 37.9 Å². The van der Waals surface area contributed by atoms with Crippen molar-refractivity contribution in [3.8, 4) is 0 Å². The number of rotatable bonds is 3. The third kappa shape index (κ3) is 4.03. The molecule has 0 bridgehead atoms. The molecule has 0 saturated carbocycles. The smallest absolute Gasteiger partial charge is 0.254 e. The molecule has 0 spiro atoms. The van der Waals surface area contributed by atoms with Gasteiger partial charge in [-0.15, -0.1) is 0 Å². The number of carbonyl (C=O) groups is 1. The minimum atomic E-state index is -3.73. The summed E-state index contributed by atoms with van der Waals surface area (Å²) in [4.78, 5) is 18.1. The summed E-state index contributed by atoms with van der Waals surface area (Å²) in [5, 5.41) is 0.228. The minimum Gasteiger partial charge on any atom is -0.337 e. The zero-order valence-electron chi connectivity index (χ0n) is 13.8. The van der Waals surface area contributed by atoms with E-state index in [2.05, 4.69) is 4.98 Å². The van der Waals surface area contributed by atoms with Gasteiger partial charge in [-0.25, -0.2) is 17.8 Å². The molecule has 1 fully saturated rings. The number of pyridine rings is 1. The molecule has 0 radical (unpaired) electrons. The van der Waals surface area contributed by atoms with Crippen molar-refractivity contribution >= 4 is 27.5 Å². The summed E-state index contributed by atoms with van der Waals surface area (Å²) >= 11 is 5.83. The molecule has 138 valence electrons. The van der Waals surface area contributed by atoms with Crippen molar-refractivity contribution in [3.63, 3.8) is 0 Å². The van der Waals surface area contributed by atoms with Gasteiger partial charge in [-0.3, -0.25) is 4.79 Å². The molecule has 1 saturated heterocycles. The fourth-order valence-corrected chi connectivity index (χ4v) is 4.45. The first-order valence-electron chi connectivity index (χ1n) is 8.04. The Kier molecular flexibility index (Phi) is 5.55. The first kappa shape index (κ1) is 18.8. The Morgan fingerprint density at radius 2 is 1.81 bits per heavy atom. The molecule has 0 N–H and O–H groups in total. The Hall–Kier alpha value is -2.03. The van der Waals surface area contributed by atoms with Gasteiger partial charge in [0.15, 0.2) is 0 Å². The molecule has 1 aromatic heterocycles. The van der Waals surface area contributed by atoms with E-state index in [9.17, 15) is 17.6 Å². The standard InChI is InChI=1S/C17H17ClFN3O3S/c18-16-12-13(6-7-20-16)17(23)21-8-1-9-22(11-10-21)26(24,25)15-4-2-14(19)3-5-15/h2-7,12H,1,8-11H2. The van der Waals surface area contributed by atoms with Crippen LogP contribution in [0.25, 0.3) is 0 Å². The topological polar surface area (TPSA) is 70.6 Å². The van der Waals surface area contributed by atoms with E-state index in [0.717, 1.165) is 12.1 Å². The van der Waals surface area contributed by atoms with Crippen LogP contribution in [-0.4, -0.2) is 54.7 Å². The van der Waals surface area contributed by atoms with Crippen LogP contribution < -0.4 is 0 Å². The first-order chi connectivity index (χ1) is 12.4. The fraction of sp³-hybridized carbons (Fsp3) is 0.294. The van der Waals surface area contributed by atoms with E-state index in [0.29, 0.717) is 25.1 Å². The number of sulfonamides is 1. The lowest BCUT2D eigenvalue weighted by atomic mass is 10.2. The van der Waals surface area contributed by atoms with Gasteiger partial charge in [-0.1, -0.05) is 11.6 Å². The van der Waals surface area contributed by atoms with E-state index in [1.54, 1.807) is 11.0 Å². The Balaban J connectivity index is 1.73. The van der Waals surface area contributed by atoms with E-state index in [1.807, 2.05) is 0 Å². The Labute approximate surface area is 156 Å². The highest BCUT2D eigenvalue weighted by Crippen LogP contribution is 2.19. The SMILES string of the molecule is O=C(c1ccnc(Cl)c1)N1CCCN(S(=O)(=O)c2ccc(F)cc2)CC1. The molecular weight excluding hydrogens is 381 g/mol. The predicted molar refractivity (Wildman–Crippen MR) is 94.9 cm³/mol. The van der Waals surface area contributed by atoms with E-state index < -0.39 is 15.8 Å². The number of halogens is 2. The van der Waals surface area contributed by atoms with Gasteiger partial charge in [-0.2, -0.15) is 4.31 Å². The predicted octanol–water partition coefficient (Wildman–Crippen LogP) is 2.41. The Morgan fingerprint density at radius 1 is 1.08 bits per heavy atom. The van der Waals surface area contributed by atoms with Crippen molar-refractivity contribution in [2.45, 2.75) is 11.3 Å². The van der Waals surface area contributed by atoms with Crippen LogP contribution in [0.1, 0.15) is 16.8 Å². The van der Waals surface area contributed by atoms with Gasteiger partial charge in [0.1, 0.15) is 11.0 Å². The quantitative estimate of drug-likeness (QED) is 0.746. The largest absolute Gasteiger partial charge is 0.337 e. The number of hydrogen-bond donors (Lipinski definition) is 0. The second-order valence-electron chi connectivity index (χ2n) is 5.87. The van der Waals surface area contributed by atoms with E-state index in [-0.39, 0.29) is 29.0 Å². The number of aromatic nitrogens is 1. The summed E-state index contributed by atoms with van der Waals surface area (Å²) in [6.45, 7) is 1.16. The van der Waals surface area contributed by atoms with Crippen molar-refractivity contribution in [2.24, 2.45) is 0 Å². The highest BCUT2D eigenvalue weighted by molar-refractivity contribution is 7.89. The molecule has 0 atom stereocenters. The number of nitrogens with zero attached hydrogens (tertiary/aromatic N) is 3. The highest BCUT2D eigenvalue weighted by Gasteiger charge is 2.28. The molecule has 1 aliphatic rings. The van der Waals surface area contributed by atoms with Gasteiger partial charge >= 0.3 is 0 Å². The number of carbonyl (C=O) groups excluding carboxylic acids is 1. The van der Waals surface area contributed by atoms with Crippen molar-refractivity contribution < 1.29 is 17.6 Å². The maximum Gasteiger partial charge on any atom is 0.254 e. The highest BCUT2D eigenvalue weighted by atomic mass is 35.5. The average Bonchev–Trinajstić information content (AvgIpc) is 2.88. The maximum absolute atomic E-state index is 13.0. The van der Waals surface area contributed by atoms with Crippen molar-refractivity contribution in [3.05, 3.63) is 59.1 Å². The third-order valence-corrected chi connectivity index (χ3v) is 6.29. The molecule has 26 heavy (non-hydrogen) atoms. The van der Waals surface area contributed by atoms with Crippen LogP contribution in [0.2, 0.25) is 5.15 Å². The van der Waals surface area contributed by atoms with Gasteiger partial charge in [0.2, 0.25) is 10.0 Å². The molecular formula is C17H17ClFN3O3S. The lowest BCUT2D eigenvalue weighted by Crippen LogP contribution is -2.37. The van der Waals surface area contributed by atoms with Crippen LogP contribution in [0.3, 0.4) is 0 Å². The van der Waals surface area contributed by atoms with E-state index in [4.69, 9.17) is 11.6 Å². The van der Waals surface area contributed by atoms with Gasteiger partial charge in [0.25, 0.3) is 5.91 Å². The summed E-state index contributed by atoms with van der Waals surface area (Å²) in [5.74, 6) is -0.706. The van der Waals surface area contributed by atoms with E-state index >= 15 is 0 Å². The van der Waals surface area contributed by atoms with Gasteiger partial charge in [0.05, 0.1) is 4.90 Å². The first-order valence-corrected chi connectivity index (χ1v) is 9.86. The minimum absolute atomic E-state index is 0.0413. The van der Waals surface area contributed by atoms with E-state index in [1.165, 1.54) is 28.7 Å². The second-order valence-corrected chi connectivity index (χ2v) is 8.20. The molecule has 1 aliphatic heterocycles. The zero-order chi connectivity index (χ0) is 18.7. The van der Waals surface area contributed by atoms with Crippen molar-refractivity contribution in [2.75, 3.05) is 26.2 Å². The second kappa shape index (κ2) is 7.69. The van der Waals surface area contributed by atoms with Crippen LogP contribution in [0.5, 0.6) is 0 Å². The molecule has 6 nitrogen and oxygen atoms in total. The molecule has 3 rings (SSSR count). The van der Waals surface area contributed by atoms with Crippen LogP contribution in [0.15, 0.2) is 47.5 Å². The normalized spacial score (nSPS) is 16.3. The summed E-state index contributed by atoms with van der Waals surface area (Å²) < 4.78 is 39.8. The number of benzene rings is 1. The maximum atomic E-state index is 13.0. The summed E-state index contributed by atoms with van der Waals surface area (Å²) in [7, 11) is -3.73. The summed E-state index contributed by atoms with van der Waals surface area (Å²) in [6.07, 6.45) is 1.96.